The quantitative estimate of drug-likeness (QED) is 0.794. The highest BCUT2D eigenvalue weighted by molar-refractivity contribution is 6.00. The molecule has 2 atom stereocenters. The molecule has 0 aliphatic carbocycles. The second-order valence-corrected chi connectivity index (χ2v) is 6.39. The van der Waals surface area contributed by atoms with Crippen molar-refractivity contribution in [2.45, 2.75) is 37.4 Å². The van der Waals surface area contributed by atoms with E-state index in [0.717, 1.165) is 12.8 Å². The predicted octanol–water partition coefficient (Wildman–Crippen LogP) is 1.80. The van der Waals surface area contributed by atoms with Crippen LogP contribution in [0, 0.1) is 0 Å². The molecule has 2 fully saturated rings. The van der Waals surface area contributed by atoms with E-state index in [1.807, 2.05) is 18.2 Å². The van der Waals surface area contributed by atoms with Crippen LogP contribution in [0.3, 0.4) is 0 Å². The zero-order chi connectivity index (χ0) is 15.2. The van der Waals surface area contributed by atoms with Crippen LogP contribution in [0.1, 0.15) is 36.0 Å². The molecular formula is C17H19NO4. The summed E-state index contributed by atoms with van der Waals surface area (Å²) in [5.41, 5.74) is 0.0942. The summed E-state index contributed by atoms with van der Waals surface area (Å²) in [5, 5.41) is 0. The van der Waals surface area contributed by atoms with Crippen molar-refractivity contribution in [1.82, 2.24) is 4.90 Å². The second-order valence-electron chi connectivity index (χ2n) is 6.39. The lowest BCUT2D eigenvalue weighted by Gasteiger charge is -2.34. The second kappa shape index (κ2) is 5.09. The fourth-order valence-corrected chi connectivity index (χ4v) is 3.68. The molecule has 2 saturated heterocycles. The zero-order valence-electron chi connectivity index (χ0n) is 12.4. The molecule has 116 valence electrons. The molecule has 3 aliphatic heterocycles. The van der Waals surface area contributed by atoms with E-state index in [2.05, 4.69) is 0 Å². The van der Waals surface area contributed by atoms with Gasteiger partial charge in [-0.25, -0.2) is 0 Å². The molecule has 22 heavy (non-hydrogen) atoms. The van der Waals surface area contributed by atoms with Crippen molar-refractivity contribution in [1.29, 1.82) is 0 Å². The number of hydrogen-bond acceptors (Lipinski definition) is 4. The van der Waals surface area contributed by atoms with Crippen LogP contribution >= 0.6 is 0 Å². The van der Waals surface area contributed by atoms with Gasteiger partial charge in [0.15, 0.2) is 5.78 Å². The molecule has 2 unspecified atom stereocenters. The van der Waals surface area contributed by atoms with Gasteiger partial charge in [-0.05, 0) is 25.0 Å². The molecule has 1 aromatic carbocycles. The van der Waals surface area contributed by atoms with Crippen LogP contribution in [0.5, 0.6) is 5.75 Å². The van der Waals surface area contributed by atoms with E-state index in [1.54, 1.807) is 11.0 Å². The van der Waals surface area contributed by atoms with E-state index in [9.17, 15) is 9.59 Å². The maximum atomic E-state index is 12.5. The molecule has 0 aromatic heterocycles. The van der Waals surface area contributed by atoms with Gasteiger partial charge in [0.2, 0.25) is 0 Å². The molecule has 0 bridgehead atoms. The van der Waals surface area contributed by atoms with Crippen LogP contribution in [0.25, 0.3) is 0 Å². The first-order valence-corrected chi connectivity index (χ1v) is 7.89. The minimum absolute atomic E-state index is 0.0456. The third-order valence-corrected chi connectivity index (χ3v) is 4.83. The van der Waals surface area contributed by atoms with Crippen molar-refractivity contribution in [3.8, 4) is 5.75 Å². The Kier molecular flexibility index (Phi) is 3.18. The molecule has 0 N–H and O–H groups in total. The molecule has 5 heteroatoms. The van der Waals surface area contributed by atoms with E-state index in [4.69, 9.17) is 9.47 Å². The fraction of sp³-hybridized carbons (Fsp3) is 0.529. The maximum Gasteiger partial charge on any atom is 0.251 e. The van der Waals surface area contributed by atoms with Crippen LogP contribution in [0.15, 0.2) is 24.3 Å². The summed E-state index contributed by atoms with van der Waals surface area (Å²) in [5.74, 6) is 0.794. The number of ether oxygens (including phenoxy) is 2. The summed E-state index contributed by atoms with van der Waals surface area (Å²) >= 11 is 0. The molecule has 0 radical (unpaired) electrons. The Morgan fingerprint density at radius 2 is 2.18 bits per heavy atom. The van der Waals surface area contributed by atoms with Gasteiger partial charge in [0.05, 0.1) is 18.5 Å². The van der Waals surface area contributed by atoms with Gasteiger partial charge in [-0.2, -0.15) is 0 Å². The Morgan fingerprint density at radius 1 is 1.32 bits per heavy atom. The Labute approximate surface area is 129 Å². The Balaban J connectivity index is 1.52. The minimum atomic E-state index is -0.556. The number of rotatable bonds is 1. The van der Waals surface area contributed by atoms with Gasteiger partial charge in [-0.15, -0.1) is 0 Å². The van der Waals surface area contributed by atoms with Crippen LogP contribution in [0.2, 0.25) is 0 Å². The minimum Gasteiger partial charge on any atom is -0.484 e. The maximum absolute atomic E-state index is 12.5. The van der Waals surface area contributed by atoms with Crippen LogP contribution in [0.4, 0.5) is 0 Å². The Bertz CT molecular complexity index is 623. The van der Waals surface area contributed by atoms with E-state index >= 15 is 0 Å². The van der Waals surface area contributed by atoms with Crippen LogP contribution in [-0.2, 0) is 9.53 Å². The molecule has 1 aromatic rings. The lowest BCUT2D eigenvalue weighted by Crippen LogP contribution is -2.46. The lowest BCUT2D eigenvalue weighted by atomic mass is 9.89. The lowest BCUT2D eigenvalue weighted by molar-refractivity contribution is -0.140. The number of hydrogen-bond donors (Lipinski definition) is 0. The summed E-state index contributed by atoms with van der Waals surface area (Å²) in [7, 11) is 0. The van der Waals surface area contributed by atoms with Crippen molar-refractivity contribution >= 4 is 11.7 Å². The predicted molar refractivity (Wildman–Crippen MR) is 78.9 cm³/mol. The number of Topliss-reactive ketones (excluding diaryl/α,β-unsaturated/α-hetero) is 1. The number of ketones is 1. The largest absolute Gasteiger partial charge is 0.484 e. The van der Waals surface area contributed by atoms with Crippen LogP contribution < -0.4 is 4.74 Å². The molecule has 1 amide bonds. The first-order chi connectivity index (χ1) is 10.7. The van der Waals surface area contributed by atoms with Gasteiger partial charge in [0, 0.05) is 19.6 Å². The zero-order valence-corrected chi connectivity index (χ0v) is 12.4. The van der Waals surface area contributed by atoms with Crippen LogP contribution in [-0.4, -0.2) is 48.0 Å². The number of carbonyl (C=O) groups excluding carboxylic acids is 2. The highest BCUT2D eigenvalue weighted by Crippen LogP contribution is 2.39. The van der Waals surface area contributed by atoms with Crippen molar-refractivity contribution in [2.75, 3.05) is 19.7 Å². The van der Waals surface area contributed by atoms with E-state index in [0.29, 0.717) is 43.9 Å². The first kappa shape index (κ1) is 13.8. The van der Waals surface area contributed by atoms with Crippen molar-refractivity contribution < 1.29 is 19.1 Å². The fourth-order valence-electron chi connectivity index (χ4n) is 3.68. The topological polar surface area (TPSA) is 55.8 Å². The van der Waals surface area contributed by atoms with Gasteiger partial charge in [-0.1, -0.05) is 12.1 Å². The SMILES string of the molecule is O=C1CC2(CCN(C(=O)C3CCCO3)C2)Oc2ccccc21. The normalized spacial score (nSPS) is 30.5. The monoisotopic (exact) mass is 301 g/mol. The van der Waals surface area contributed by atoms with Gasteiger partial charge >= 0.3 is 0 Å². The summed E-state index contributed by atoms with van der Waals surface area (Å²) < 4.78 is 11.6. The number of likely N-dealkylation sites (tertiary alicyclic amines) is 1. The van der Waals surface area contributed by atoms with Gasteiger partial charge in [0.25, 0.3) is 5.91 Å². The average Bonchev–Trinajstić information content (AvgIpc) is 3.17. The summed E-state index contributed by atoms with van der Waals surface area (Å²) in [6, 6.07) is 7.35. The Hall–Kier alpha value is -1.88. The third kappa shape index (κ3) is 2.20. The molecule has 4 rings (SSSR count). The Morgan fingerprint density at radius 3 is 3.00 bits per heavy atom. The highest BCUT2D eigenvalue weighted by atomic mass is 16.5. The molecule has 3 heterocycles. The summed E-state index contributed by atoms with van der Waals surface area (Å²) in [4.78, 5) is 26.6. The van der Waals surface area contributed by atoms with E-state index in [1.165, 1.54) is 0 Å². The molecule has 5 nitrogen and oxygen atoms in total. The van der Waals surface area contributed by atoms with E-state index < -0.39 is 5.60 Å². The first-order valence-electron chi connectivity index (χ1n) is 7.89. The van der Waals surface area contributed by atoms with Crippen molar-refractivity contribution in [3.05, 3.63) is 29.8 Å². The molecule has 0 saturated carbocycles. The number of para-hydroxylation sites is 1. The molecule has 3 aliphatic rings. The standard InChI is InChI=1S/C17H19NO4/c19-13-10-17(22-14-5-2-1-4-12(13)14)7-8-18(11-17)16(20)15-6-3-9-21-15/h1-2,4-5,15H,3,6-11H2. The van der Waals surface area contributed by atoms with E-state index in [-0.39, 0.29) is 17.8 Å². The number of nitrogens with zero attached hydrogens (tertiary/aromatic N) is 1. The number of carbonyl (C=O) groups is 2. The van der Waals surface area contributed by atoms with Crippen molar-refractivity contribution in [3.63, 3.8) is 0 Å². The summed E-state index contributed by atoms with van der Waals surface area (Å²) in [6.07, 6.45) is 2.48. The highest BCUT2D eigenvalue weighted by Gasteiger charge is 2.47. The third-order valence-electron chi connectivity index (χ3n) is 4.83. The van der Waals surface area contributed by atoms with Crippen molar-refractivity contribution in [2.24, 2.45) is 0 Å². The van der Waals surface area contributed by atoms with Gasteiger partial charge in [0.1, 0.15) is 17.5 Å². The smallest absolute Gasteiger partial charge is 0.251 e. The molecular weight excluding hydrogens is 282 g/mol. The molecule has 1 spiro atoms. The average molecular weight is 301 g/mol. The number of benzene rings is 1. The van der Waals surface area contributed by atoms with Gasteiger partial charge in [-0.3, -0.25) is 9.59 Å². The number of fused-ring (bicyclic) bond motifs is 1. The summed E-state index contributed by atoms with van der Waals surface area (Å²) in [6.45, 7) is 1.78. The number of amides is 1. The van der Waals surface area contributed by atoms with Gasteiger partial charge < -0.3 is 14.4 Å².